The Balaban J connectivity index is 2.31. The molecule has 2 rings (SSSR count). The summed E-state index contributed by atoms with van der Waals surface area (Å²) in [4.78, 5) is 34.9. The Morgan fingerprint density at radius 2 is 2.00 bits per heavy atom. The third-order valence-corrected chi connectivity index (χ3v) is 4.69. The van der Waals surface area contributed by atoms with E-state index in [1.54, 1.807) is 25.1 Å². The van der Waals surface area contributed by atoms with Crippen molar-refractivity contribution < 1.29 is 23.5 Å². The quantitative estimate of drug-likeness (QED) is 0.315. The van der Waals surface area contributed by atoms with Gasteiger partial charge in [-0.15, -0.1) is 0 Å². The third kappa shape index (κ3) is 7.12. The zero-order valence-electron chi connectivity index (χ0n) is 17.4. The summed E-state index contributed by atoms with van der Waals surface area (Å²) in [5, 5.41) is 11.3. The summed E-state index contributed by atoms with van der Waals surface area (Å²) in [5.41, 5.74) is 6.17. The smallest absolute Gasteiger partial charge is 0.305 e. The van der Waals surface area contributed by atoms with Crippen molar-refractivity contribution in [3.63, 3.8) is 0 Å². The van der Waals surface area contributed by atoms with Crippen LogP contribution in [-0.2, 0) is 16.1 Å². The number of hydrogen-bond acceptors (Lipinski definition) is 8. The van der Waals surface area contributed by atoms with E-state index in [1.165, 1.54) is 19.1 Å². The zero-order chi connectivity index (χ0) is 23.8. The number of nitrogens with one attached hydrogen (secondary N) is 1. The Labute approximate surface area is 189 Å². The number of nitrogens with zero attached hydrogens (tertiary/aromatic N) is 3. The molecule has 0 fully saturated rings. The first-order valence-electron chi connectivity index (χ1n) is 9.53. The van der Waals surface area contributed by atoms with Gasteiger partial charge in [0.1, 0.15) is 11.5 Å². The topological polar surface area (TPSA) is 131 Å². The van der Waals surface area contributed by atoms with E-state index in [4.69, 9.17) is 10.8 Å². The second-order valence-electron chi connectivity index (χ2n) is 6.93. The molecule has 11 heteroatoms. The Hall–Kier alpha value is -3.34. The SMILES string of the molecule is CC(=O)C(C=C(N)c1ncc(F)c(NC(CC(=O)O)C(C)S)n1)=NCc1ccccc1F. The van der Waals surface area contributed by atoms with E-state index < -0.39 is 34.7 Å². The number of Topliss-reactive ketones (excluding diaryl/α,β-unsaturated/α-hetero) is 1. The fourth-order valence-corrected chi connectivity index (χ4v) is 2.76. The van der Waals surface area contributed by atoms with E-state index in [0.29, 0.717) is 5.56 Å². The van der Waals surface area contributed by atoms with Gasteiger partial charge in [0, 0.05) is 23.8 Å². The molecule has 0 saturated carbocycles. The van der Waals surface area contributed by atoms with Crippen molar-refractivity contribution in [2.24, 2.45) is 10.7 Å². The number of aromatic nitrogens is 2. The van der Waals surface area contributed by atoms with Gasteiger partial charge in [-0.05, 0) is 12.1 Å². The number of ketones is 1. The van der Waals surface area contributed by atoms with Gasteiger partial charge >= 0.3 is 5.97 Å². The molecule has 0 spiro atoms. The van der Waals surface area contributed by atoms with Gasteiger partial charge in [0.25, 0.3) is 0 Å². The Bertz CT molecular complexity index is 1060. The van der Waals surface area contributed by atoms with Crippen molar-refractivity contribution in [1.29, 1.82) is 0 Å². The number of anilines is 1. The highest BCUT2D eigenvalue weighted by Crippen LogP contribution is 2.18. The van der Waals surface area contributed by atoms with Crippen LogP contribution in [0, 0.1) is 11.6 Å². The highest BCUT2D eigenvalue weighted by atomic mass is 32.1. The van der Waals surface area contributed by atoms with Gasteiger partial charge in [-0.25, -0.2) is 18.7 Å². The molecule has 1 aromatic heterocycles. The van der Waals surface area contributed by atoms with Crippen LogP contribution in [0.25, 0.3) is 5.70 Å². The molecule has 1 aromatic carbocycles. The molecule has 0 radical (unpaired) electrons. The second-order valence-corrected chi connectivity index (χ2v) is 7.74. The van der Waals surface area contributed by atoms with Crippen molar-refractivity contribution >= 4 is 41.6 Å². The third-order valence-electron chi connectivity index (χ3n) is 4.33. The molecule has 2 atom stereocenters. The highest BCUT2D eigenvalue weighted by molar-refractivity contribution is 7.81. The van der Waals surface area contributed by atoms with Crippen LogP contribution < -0.4 is 11.1 Å². The maximum atomic E-state index is 14.2. The Morgan fingerprint density at radius 1 is 1.31 bits per heavy atom. The monoisotopic (exact) mass is 463 g/mol. The summed E-state index contributed by atoms with van der Waals surface area (Å²) < 4.78 is 28.0. The molecule has 2 unspecified atom stereocenters. The van der Waals surface area contributed by atoms with Crippen molar-refractivity contribution in [2.75, 3.05) is 5.32 Å². The lowest BCUT2D eigenvalue weighted by Gasteiger charge is -2.21. The molecule has 0 aliphatic carbocycles. The maximum absolute atomic E-state index is 14.2. The lowest BCUT2D eigenvalue weighted by molar-refractivity contribution is -0.137. The lowest BCUT2D eigenvalue weighted by Crippen LogP contribution is -2.31. The number of hydrogen-bond donors (Lipinski definition) is 4. The lowest BCUT2D eigenvalue weighted by atomic mass is 10.1. The molecular formula is C21H23F2N5O3S. The number of aliphatic carboxylic acids is 1. The van der Waals surface area contributed by atoms with Crippen molar-refractivity contribution in [1.82, 2.24) is 9.97 Å². The summed E-state index contributed by atoms with van der Waals surface area (Å²) in [6, 6.07) is 5.30. The molecule has 0 aliphatic heterocycles. The van der Waals surface area contributed by atoms with E-state index in [-0.39, 0.29) is 36.0 Å². The first-order chi connectivity index (χ1) is 15.1. The molecule has 2 aromatic rings. The average molecular weight is 464 g/mol. The van der Waals surface area contributed by atoms with Gasteiger partial charge in [0.2, 0.25) is 0 Å². The van der Waals surface area contributed by atoms with Crippen LogP contribution in [0.2, 0.25) is 0 Å². The zero-order valence-corrected chi connectivity index (χ0v) is 18.3. The van der Waals surface area contributed by atoms with E-state index in [1.807, 2.05) is 0 Å². The van der Waals surface area contributed by atoms with Gasteiger partial charge < -0.3 is 16.2 Å². The summed E-state index contributed by atoms with van der Waals surface area (Å²) in [5.74, 6) is -3.14. The number of aliphatic imine (C=N–C) groups is 1. The van der Waals surface area contributed by atoms with Crippen molar-refractivity contribution in [3.05, 3.63) is 59.6 Å². The molecule has 0 saturated heterocycles. The maximum Gasteiger partial charge on any atom is 0.305 e. The molecule has 4 N–H and O–H groups in total. The van der Waals surface area contributed by atoms with Gasteiger partial charge in [-0.3, -0.25) is 14.6 Å². The molecule has 170 valence electrons. The van der Waals surface area contributed by atoms with E-state index in [0.717, 1.165) is 6.20 Å². The average Bonchev–Trinajstić information content (AvgIpc) is 2.72. The first-order valence-corrected chi connectivity index (χ1v) is 10.1. The summed E-state index contributed by atoms with van der Waals surface area (Å²) >= 11 is 4.22. The molecule has 1 heterocycles. The number of allylic oxidation sites excluding steroid dienone is 1. The van der Waals surface area contributed by atoms with Crippen LogP contribution in [0.3, 0.4) is 0 Å². The fourth-order valence-electron chi connectivity index (χ4n) is 2.58. The van der Waals surface area contributed by atoms with Crippen molar-refractivity contribution in [3.8, 4) is 0 Å². The summed E-state index contributed by atoms with van der Waals surface area (Å²) in [6.07, 6.45) is 1.78. The molecule has 0 bridgehead atoms. The standard InChI is InChI=1S/C21H23F2N5O3S/c1-11(29)17(25-9-13-5-3-4-6-14(13)22)7-16(24)21-26-10-15(23)20(28-21)27-18(12(2)32)8-19(30)31/h3-7,10,12,18,32H,8-9,24H2,1-2H3,(H,30,31)(H,26,27,28). The fraction of sp³-hybridized carbons (Fsp3) is 0.286. The predicted molar refractivity (Wildman–Crippen MR) is 120 cm³/mol. The van der Waals surface area contributed by atoms with Crippen LogP contribution in [0.1, 0.15) is 31.7 Å². The van der Waals surface area contributed by atoms with Gasteiger partial charge in [-0.1, -0.05) is 25.1 Å². The van der Waals surface area contributed by atoms with E-state index in [2.05, 4.69) is 32.9 Å². The number of benzene rings is 1. The minimum atomic E-state index is -1.09. The molecule has 0 aliphatic rings. The van der Waals surface area contributed by atoms with E-state index >= 15 is 0 Å². The Morgan fingerprint density at radius 3 is 2.59 bits per heavy atom. The summed E-state index contributed by atoms with van der Waals surface area (Å²) in [6.45, 7) is 2.84. The van der Waals surface area contributed by atoms with Crippen molar-refractivity contribution in [2.45, 2.75) is 38.1 Å². The van der Waals surface area contributed by atoms with Crippen LogP contribution >= 0.6 is 12.6 Å². The predicted octanol–water partition coefficient (Wildman–Crippen LogP) is 2.86. The number of halogens is 2. The molecule has 0 amide bonds. The second kappa shape index (κ2) is 11.3. The minimum absolute atomic E-state index is 0.0408. The molecular weight excluding hydrogens is 440 g/mol. The van der Waals surface area contributed by atoms with Gasteiger partial charge in [0.05, 0.1) is 24.9 Å². The first kappa shape index (κ1) is 24.9. The number of carbonyl (C=O) groups is 2. The number of carboxylic acids is 1. The largest absolute Gasteiger partial charge is 0.481 e. The number of rotatable bonds is 10. The number of thiol groups is 1. The highest BCUT2D eigenvalue weighted by Gasteiger charge is 2.21. The van der Waals surface area contributed by atoms with E-state index in [9.17, 15) is 18.4 Å². The number of carbonyl (C=O) groups excluding carboxylic acids is 1. The van der Waals surface area contributed by atoms with Crippen LogP contribution in [0.4, 0.5) is 14.6 Å². The number of nitrogens with two attached hydrogens (primary N) is 1. The van der Waals surface area contributed by atoms with Crippen LogP contribution in [0.5, 0.6) is 0 Å². The Kier molecular flexibility index (Phi) is 8.82. The molecule has 32 heavy (non-hydrogen) atoms. The van der Waals surface area contributed by atoms with Crippen LogP contribution in [-0.4, -0.2) is 43.8 Å². The molecule has 8 nitrogen and oxygen atoms in total. The van der Waals surface area contributed by atoms with Crippen LogP contribution in [0.15, 0.2) is 41.5 Å². The minimum Gasteiger partial charge on any atom is -0.481 e. The summed E-state index contributed by atoms with van der Waals surface area (Å²) in [7, 11) is 0. The van der Waals surface area contributed by atoms with Gasteiger partial charge in [0.15, 0.2) is 23.2 Å². The number of carboxylic acid groups (broad SMARTS) is 1. The normalized spacial score (nSPS) is 14.0. The van der Waals surface area contributed by atoms with Gasteiger partial charge in [-0.2, -0.15) is 12.6 Å².